The third kappa shape index (κ3) is 5.73. The van der Waals surface area contributed by atoms with Gasteiger partial charge in [-0.3, -0.25) is 9.71 Å². The van der Waals surface area contributed by atoms with E-state index in [1.54, 1.807) is 12.3 Å². The van der Waals surface area contributed by atoms with Crippen molar-refractivity contribution in [3.63, 3.8) is 0 Å². The topological polar surface area (TPSA) is 82.5 Å². The van der Waals surface area contributed by atoms with Gasteiger partial charge in [0.05, 0.1) is 29.7 Å². The maximum atomic E-state index is 11.9. The van der Waals surface area contributed by atoms with Crippen molar-refractivity contribution in [2.24, 2.45) is 0 Å². The van der Waals surface area contributed by atoms with Gasteiger partial charge in [-0.25, -0.2) is 8.42 Å². The van der Waals surface area contributed by atoms with Crippen LogP contribution in [0.2, 0.25) is 0 Å². The number of pyridine rings is 1. The van der Waals surface area contributed by atoms with Crippen LogP contribution in [0.25, 0.3) is 5.69 Å². The Morgan fingerprint density at radius 1 is 0.976 bits per heavy atom. The lowest BCUT2D eigenvalue weighted by Gasteiger charge is -2.29. The molecule has 1 saturated heterocycles. The summed E-state index contributed by atoms with van der Waals surface area (Å²) in [7, 11) is -3.40. The van der Waals surface area contributed by atoms with Crippen molar-refractivity contribution in [2.75, 3.05) is 33.9 Å². The molecule has 2 aromatic heterocycles. The number of hydrogen-bond donors (Lipinski definition) is 2. The molecule has 2 unspecified atom stereocenters. The lowest BCUT2D eigenvalue weighted by atomic mass is 9.96. The molecule has 0 saturated carbocycles. The monoisotopic (exact) mass is 602 g/mol. The molecule has 0 aliphatic carbocycles. The maximum absolute atomic E-state index is 11.9. The van der Waals surface area contributed by atoms with Crippen LogP contribution in [-0.2, 0) is 10.0 Å². The van der Waals surface area contributed by atoms with Crippen LogP contribution >= 0.6 is 12.2 Å². The standard InChI is InChI=1S/C32H38N6O2S2/c1-7-36(8-2)24-12-14-25(15-13-24)37-22(4)20-27(23(37)5)31-30(29-11-9-10-18-33-29)34-32(41)38(31)26-16-17-28(21(3)19-26)35-42(6,39)40/h9-20,30-31,35H,7-8H2,1-6H3,(H,34,41). The zero-order valence-electron chi connectivity index (χ0n) is 24.9. The van der Waals surface area contributed by atoms with Crippen molar-refractivity contribution in [3.05, 3.63) is 101 Å². The summed E-state index contributed by atoms with van der Waals surface area (Å²) < 4.78 is 28.7. The molecule has 1 fully saturated rings. The van der Waals surface area contributed by atoms with E-state index < -0.39 is 10.0 Å². The zero-order chi connectivity index (χ0) is 30.2. The van der Waals surface area contributed by atoms with Gasteiger partial charge in [0.2, 0.25) is 10.0 Å². The predicted molar refractivity (Wildman–Crippen MR) is 176 cm³/mol. The highest BCUT2D eigenvalue weighted by molar-refractivity contribution is 7.92. The quantitative estimate of drug-likeness (QED) is 0.221. The highest BCUT2D eigenvalue weighted by Gasteiger charge is 2.42. The van der Waals surface area contributed by atoms with Gasteiger partial charge < -0.3 is 19.7 Å². The highest BCUT2D eigenvalue weighted by atomic mass is 32.2. The highest BCUT2D eigenvalue weighted by Crippen LogP contribution is 2.44. The Balaban J connectivity index is 1.60. The van der Waals surface area contributed by atoms with E-state index in [-0.39, 0.29) is 12.1 Å². The van der Waals surface area contributed by atoms with Crippen LogP contribution in [0.3, 0.4) is 0 Å². The molecule has 10 heteroatoms. The van der Waals surface area contributed by atoms with Crippen molar-refractivity contribution in [3.8, 4) is 5.69 Å². The number of aromatic nitrogens is 2. The number of rotatable bonds is 9. The second kappa shape index (κ2) is 11.8. The maximum Gasteiger partial charge on any atom is 0.229 e. The second-order valence-electron chi connectivity index (χ2n) is 10.7. The number of anilines is 3. The minimum Gasteiger partial charge on any atom is -0.372 e. The summed E-state index contributed by atoms with van der Waals surface area (Å²) in [5.41, 5.74) is 8.82. The summed E-state index contributed by atoms with van der Waals surface area (Å²) in [6.07, 6.45) is 2.95. The molecule has 2 atom stereocenters. The number of nitrogens with one attached hydrogen (secondary N) is 2. The molecule has 1 aliphatic rings. The smallest absolute Gasteiger partial charge is 0.229 e. The minimum atomic E-state index is -3.40. The number of sulfonamides is 1. The molecule has 5 rings (SSSR count). The fourth-order valence-corrected chi connectivity index (χ4v) is 6.92. The van der Waals surface area contributed by atoms with E-state index in [4.69, 9.17) is 17.2 Å². The van der Waals surface area contributed by atoms with Crippen LogP contribution in [0.5, 0.6) is 0 Å². The molecule has 42 heavy (non-hydrogen) atoms. The van der Waals surface area contributed by atoms with Gasteiger partial charge in [0.15, 0.2) is 5.11 Å². The van der Waals surface area contributed by atoms with Gasteiger partial charge in [-0.15, -0.1) is 0 Å². The van der Waals surface area contributed by atoms with Crippen LogP contribution in [0.15, 0.2) is 72.9 Å². The average Bonchev–Trinajstić information content (AvgIpc) is 3.45. The lowest BCUT2D eigenvalue weighted by Crippen LogP contribution is -2.29. The summed E-state index contributed by atoms with van der Waals surface area (Å²) in [5.74, 6) is 0. The Morgan fingerprint density at radius 3 is 2.26 bits per heavy atom. The van der Waals surface area contributed by atoms with Crippen LogP contribution in [0.1, 0.15) is 54.1 Å². The predicted octanol–water partition coefficient (Wildman–Crippen LogP) is 6.19. The lowest BCUT2D eigenvalue weighted by molar-refractivity contribution is 0.565. The van der Waals surface area contributed by atoms with Gasteiger partial charge in [-0.05, 0) is 119 Å². The molecule has 2 aromatic carbocycles. The molecular weight excluding hydrogens is 565 g/mol. The number of hydrogen-bond acceptors (Lipinski definition) is 5. The fraction of sp³-hybridized carbons (Fsp3) is 0.312. The van der Waals surface area contributed by atoms with E-state index in [1.165, 1.54) is 5.69 Å². The Labute approximate surface area is 254 Å². The molecule has 0 bridgehead atoms. The molecule has 0 spiro atoms. The molecule has 220 valence electrons. The molecule has 0 radical (unpaired) electrons. The zero-order valence-corrected chi connectivity index (χ0v) is 26.6. The Morgan fingerprint density at radius 2 is 1.67 bits per heavy atom. The Hall–Kier alpha value is -3.89. The number of aryl methyl sites for hydroxylation is 2. The van der Waals surface area contributed by atoms with Crippen molar-refractivity contribution in [1.82, 2.24) is 14.9 Å². The summed E-state index contributed by atoms with van der Waals surface area (Å²) in [6, 6.07) is 22.2. The Kier molecular flexibility index (Phi) is 8.30. The normalized spacial score (nSPS) is 16.9. The number of thiocarbonyl (C=S) groups is 1. The van der Waals surface area contributed by atoms with Crippen molar-refractivity contribution < 1.29 is 8.42 Å². The van der Waals surface area contributed by atoms with Gasteiger partial charge in [-0.2, -0.15) is 0 Å². The summed E-state index contributed by atoms with van der Waals surface area (Å²) >= 11 is 5.94. The minimum absolute atomic E-state index is 0.185. The van der Waals surface area contributed by atoms with E-state index in [0.29, 0.717) is 10.8 Å². The fourth-order valence-electron chi connectivity index (χ4n) is 5.95. The summed E-state index contributed by atoms with van der Waals surface area (Å²) in [4.78, 5) is 9.16. The van der Waals surface area contributed by atoms with E-state index in [9.17, 15) is 8.42 Å². The van der Waals surface area contributed by atoms with Crippen LogP contribution in [-0.4, -0.2) is 42.4 Å². The van der Waals surface area contributed by atoms with E-state index in [1.807, 2.05) is 37.3 Å². The number of benzene rings is 2. The SMILES string of the molecule is CCN(CC)c1ccc(-n2c(C)cc(C3C(c4ccccn4)NC(=S)N3c3ccc(NS(C)(=O)=O)c(C)c3)c2C)cc1. The van der Waals surface area contributed by atoms with E-state index in [2.05, 4.69) is 82.4 Å². The molecule has 2 N–H and O–H groups in total. The van der Waals surface area contributed by atoms with Crippen molar-refractivity contribution in [2.45, 2.75) is 46.7 Å². The van der Waals surface area contributed by atoms with Gasteiger partial charge in [0.25, 0.3) is 0 Å². The molecule has 8 nitrogen and oxygen atoms in total. The van der Waals surface area contributed by atoms with E-state index in [0.717, 1.165) is 58.9 Å². The third-order valence-corrected chi connectivity index (χ3v) is 8.81. The largest absolute Gasteiger partial charge is 0.372 e. The average molecular weight is 603 g/mol. The van der Waals surface area contributed by atoms with Gasteiger partial charge in [0, 0.05) is 47.7 Å². The first-order valence-corrected chi connectivity index (χ1v) is 16.5. The summed E-state index contributed by atoms with van der Waals surface area (Å²) in [6.45, 7) is 12.4. The van der Waals surface area contributed by atoms with Crippen molar-refractivity contribution in [1.29, 1.82) is 0 Å². The van der Waals surface area contributed by atoms with Crippen LogP contribution in [0, 0.1) is 20.8 Å². The summed E-state index contributed by atoms with van der Waals surface area (Å²) in [5, 5.41) is 4.13. The molecule has 4 aromatic rings. The Bertz CT molecular complexity index is 1700. The molecular formula is C32H38N6O2S2. The second-order valence-corrected chi connectivity index (χ2v) is 12.9. The molecule has 1 aliphatic heterocycles. The first-order valence-electron chi connectivity index (χ1n) is 14.2. The third-order valence-electron chi connectivity index (χ3n) is 7.91. The van der Waals surface area contributed by atoms with Gasteiger partial charge in [-0.1, -0.05) is 6.07 Å². The van der Waals surface area contributed by atoms with Crippen LogP contribution in [0.4, 0.5) is 17.1 Å². The first-order chi connectivity index (χ1) is 20.0. The number of nitrogens with zero attached hydrogens (tertiary/aromatic N) is 4. The van der Waals surface area contributed by atoms with Gasteiger partial charge >= 0.3 is 0 Å². The van der Waals surface area contributed by atoms with E-state index >= 15 is 0 Å². The van der Waals surface area contributed by atoms with Crippen LogP contribution < -0.4 is 19.8 Å². The molecule has 0 amide bonds. The van der Waals surface area contributed by atoms with Gasteiger partial charge in [0.1, 0.15) is 0 Å². The first kappa shape index (κ1) is 29.6. The van der Waals surface area contributed by atoms with Crippen molar-refractivity contribution >= 4 is 44.4 Å². The molecule has 3 heterocycles.